The summed E-state index contributed by atoms with van der Waals surface area (Å²) in [6, 6.07) is 8.53. The Morgan fingerprint density at radius 1 is 1.50 bits per heavy atom. The van der Waals surface area contributed by atoms with E-state index in [1.165, 1.54) is 0 Å². The Morgan fingerprint density at radius 3 is 2.40 bits per heavy atom. The van der Waals surface area contributed by atoms with Crippen molar-refractivity contribution in [3.05, 3.63) is 37.3 Å². The second-order valence-corrected chi connectivity index (χ2v) is 1.81. The number of nitrogen functional groups attached to an aromatic ring is 1. The van der Waals surface area contributed by atoms with Crippen LogP contribution in [0.15, 0.2) is 18.2 Å². The third kappa shape index (κ3) is 4.02. The average molecular weight is 210 g/mol. The Bertz CT molecular complexity index is 169. The Morgan fingerprint density at radius 2 is 2.10 bits per heavy atom. The quantitative estimate of drug-likeness (QED) is 0.513. The molecule has 1 radical (unpaired) electrons. The average Bonchev–Trinajstić information content (AvgIpc) is 1.64. The smallest absolute Gasteiger partial charge is 0 e. The summed E-state index contributed by atoms with van der Waals surface area (Å²) in [5, 5.41) is 0. The van der Waals surface area contributed by atoms with Crippen LogP contribution in [0.5, 0.6) is 0 Å². The minimum absolute atomic E-state index is 0. The van der Waals surface area contributed by atoms with Crippen LogP contribution in [0.1, 0.15) is 5.56 Å². The first-order valence-electron chi connectivity index (χ1n) is 2.53. The summed E-state index contributed by atoms with van der Waals surface area (Å²) < 4.78 is 0. The number of anilines is 1. The molecule has 0 saturated carbocycles. The van der Waals surface area contributed by atoms with Crippen LogP contribution in [0, 0.1) is 20.4 Å². The predicted octanol–water partition coefficient (Wildman–Crippen LogP) is 1.83. The Hall–Kier alpha value is 0.124. The van der Waals surface area contributed by atoms with Crippen molar-refractivity contribution in [1.29, 1.82) is 0 Å². The number of rotatable bonds is 0. The molecule has 0 fully saturated rings. The van der Waals surface area contributed by atoms with Crippen molar-refractivity contribution in [3.63, 3.8) is 0 Å². The fraction of sp³-hybridized carbons (Fsp3) is 0.125. The summed E-state index contributed by atoms with van der Waals surface area (Å²) in [7, 11) is 0. The Labute approximate surface area is 87.9 Å². The number of hydrogen-bond acceptors (Lipinski definition) is 1. The molecule has 0 aliphatic carbocycles. The van der Waals surface area contributed by atoms with Gasteiger partial charge in [-0.2, -0.15) is 17.7 Å². The molecule has 53 valence electrons. The van der Waals surface area contributed by atoms with Gasteiger partial charge in [0.05, 0.1) is 0 Å². The molecule has 0 heterocycles. The fourth-order valence-corrected chi connectivity index (χ4v) is 0.609. The maximum absolute atomic E-state index is 5.44. The van der Waals surface area contributed by atoms with Crippen LogP contribution in [0.25, 0.3) is 0 Å². The van der Waals surface area contributed by atoms with Crippen LogP contribution < -0.4 is 5.73 Å². The molecular weight excluding hydrogens is 199 g/mol. The molecular formula is C8H11NY-2. The second-order valence-electron chi connectivity index (χ2n) is 1.81. The molecule has 1 aromatic rings. The van der Waals surface area contributed by atoms with E-state index in [-0.39, 0.29) is 40.1 Å². The molecule has 0 amide bonds. The van der Waals surface area contributed by atoms with Crippen molar-refractivity contribution in [3.8, 4) is 0 Å². The monoisotopic (exact) mass is 210 g/mol. The van der Waals surface area contributed by atoms with Gasteiger partial charge in [-0.3, -0.25) is 0 Å². The van der Waals surface area contributed by atoms with E-state index in [4.69, 9.17) is 5.73 Å². The SMILES string of the molecule is Cc1[c-]ccc(N)c1.[CH3-].[Y]. The van der Waals surface area contributed by atoms with Gasteiger partial charge in [0.25, 0.3) is 0 Å². The third-order valence-electron chi connectivity index (χ3n) is 0.970. The molecule has 2 N–H and O–H groups in total. The maximum Gasteiger partial charge on any atom is 0 e. The molecule has 0 aromatic heterocycles. The van der Waals surface area contributed by atoms with Crippen molar-refractivity contribution in [2.24, 2.45) is 0 Å². The van der Waals surface area contributed by atoms with Gasteiger partial charge in [-0.15, -0.1) is 12.1 Å². The van der Waals surface area contributed by atoms with E-state index in [1.54, 1.807) is 0 Å². The van der Waals surface area contributed by atoms with E-state index >= 15 is 0 Å². The van der Waals surface area contributed by atoms with Gasteiger partial charge in [-0.1, -0.05) is 12.6 Å². The molecule has 1 aromatic carbocycles. The molecule has 1 nitrogen and oxygen atoms in total. The van der Waals surface area contributed by atoms with E-state index < -0.39 is 0 Å². The summed E-state index contributed by atoms with van der Waals surface area (Å²) in [6.45, 7) is 1.97. The standard InChI is InChI=1S/C7H8N.CH3.Y/c1-6-3-2-4-7(8)5-6;;/h2,4-5H,8H2,1H3;1H3;/q2*-1;. The first-order valence-corrected chi connectivity index (χ1v) is 2.53. The van der Waals surface area contributed by atoms with Gasteiger partial charge < -0.3 is 13.2 Å². The molecule has 0 unspecified atom stereocenters. The molecule has 10 heavy (non-hydrogen) atoms. The van der Waals surface area contributed by atoms with Crippen LogP contribution in [-0.2, 0) is 32.7 Å². The molecule has 0 bridgehead atoms. The number of benzene rings is 1. The van der Waals surface area contributed by atoms with E-state index in [2.05, 4.69) is 6.07 Å². The first-order chi connectivity index (χ1) is 3.79. The summed E-state index contributed by atoms with van der Waals surface area (Å²) in [6.07, 6.45) is 0. The van der Waals surface area contributed by atoms with Crippen LogP contribution in [-0.4, -0.2) is 0 Å². The number of nitrogens with two attached hydrogens (primary N) is 1. The van der Waals surface area contributed by atoms with Crippen LogP contribution in [0.3, 0.4) is 0 Å². The number of aryl methyl sites for hydroxylation is 1. The summed E-state index contributed by atoms with van der Waals surface area (Å²) >= 11 is 0. The third-order valence-corrected chi connectivity index (χ3v) is 0.970. The normalized spacial score (nSPS) is 7.30. The van der Waals surface area contributed by atoms with Gasteiger partial charge in [0.15, 0.2) is 0 Å². The molecule has 0 atom stereocenters. The maximum atomic E-state index is 5.44. The second kappa shape index (κ2) is 5.88. The summed E-state index contributed by atoms with van der Waals surface area (Å²) in [5.74, 6) is 0. The molecule has 0 aliphatic heterocycles. The van der Waals surface area contributed by atoms with E-state index in [0.717, 1.165) is 11.3 Å². The minimum Gasteiger partial charge on any atom is -0.419 e. The van der Waals surface area contributed by atoms with Gasteiger partial charge in [-0.05, 0) is 0 Å². The van der Waals surface area contributed by atoms with Crippen molar-refractivity contribution in [2.75, 3.05) is 5.73 Å². The van der Waals surface area contributed by atoms with Crippen molar-refractivity contribution < 1.29 is 32.7 Å². The predicted molar refractivity (Wildman–Crippen MR) is 40.8 cm³/mol. The van der Waals surface area contributed by atoms with Crippen LogP contribution in [0.2, 0.25) is 0 Å². The molecule has 2 heteroatoms. The topological polar surface area (TPSA) is 26.0 Å². The molecule has 0 saturated heterocycles. The zero-order chi connectivity index (χ0) is 5.98. The first kappa shape index (κ1) is 12.8. The Kier molecular flexibility index (Phi) is 7.50. The summed E-state index contributed by atoms with van der Waals surface area (Å²) in [4.78, 5) is 0. The fourth-order valence-electron chi connectivity index (χ4n) is 0.609. The van der Waals surface area contributed by atoms with Gasteiger partial charge in [0.1, 0.15) is 0 Å². The Balaban J connectivity index is 0. The van der Waals surface area contributed by atoms with Crippen molar-refractivity contribution in [1.82, 2.24) is 0 Å². The summed E-state index contributed by atoms with van der Waals surface area (Å²) in [5.41, 5.74) is 7.33. The molecule has 0 aliphatic rings. The zero-order valence-corrected chi connectivity index (χ0v) is 9.23. The largest absolute Gasteiger partial charge is 0.419 e. The van der Waals surface area contributed by atoms with Crippen LogP contribution >= 0.6 is 0 Å². The van der Waals surface area contributed by atoms with Crippen LogP contribution in [0.4, 0.5) is 5.69 Å². The molecule has 1 rings (SSSR count). The van der Waals surface area contributed by atoms with E-state index in [0.29, 0.717) is 0 Å². The van der Waals surface area contributed by atoms with Gasteiger partial charge in [0, 0.05) is 32.7 Å². The van der Waals surface area contributed by atoms with Gasteiger partial charge in [0.2, 0.25) is 0 Å². The minimum atomic E-state index is 0. The van der Waals surface area contributed by atoms with Gasteiger partial charge >= 0.3 is 0 Å². The van der Waals surface area contributed by atoms with E-state index in [1.807, 2.05) is 25.1 Å². The number of hydrogen-bond donors (Lipinski definition) is 1. The van der Waals surface area contributed by atoms with Crippen molar-refractivity contribution >= 4 is 5.69 Å². The molecule has 0 spiro atoms. The van der Waals surface area contributed by atoms with Gasteiger partial charge in [-0.25, -0.2) is 0 Å². The zero-order valence-electron chi connectivity index (χ0n) is 6.39. The van der Waals surface area contributed by atoms with E-state index in [9.17, 15) is 0 Å². The van der Waals surface area contributed by atoms with Crippen molar-refractivity contribution in [2.45, 2.75) is 6.92 Å².